The number of aliphatic hydroxyl groups is 1. The molecule has 0 aromatic heterocycles. The maximum atomic E-state index is 12.3. The molecule has 5 atom stereocenters. The molecule has 1 saturated heterocycles. The molecule has 0 radical (unpaired) electrons. The second-order valence-corrected chi connectivity index (χ2v) is 8.96. The number of aromatic hydroxyl groups is 1. The summed E-state index contributed by atoms with van der Waals surface area (Å²) in [6.45, 7) is 2.59. The summed E-state index contributed by atoms with van der Waals surface area (Å²) < 4.78 is 12.3. The van der Waals surface area contributed by atoms with Gasteiger partial charge in [0.05, 0.1) is 11.0 Å². The van der Waals surface area contributed by atoms with Gasteiger partial charge in [0.2, 0.25) is 0 Å². The Bertz CT molecular complexity index is 941. The smallest absolute Gasteiger partial charge is 0.334 e. The number of nitrogens with zero attached hydrogens (tertiary/aromatic N) is 1. The third kappa shape index (κ3) is 1.53. The maximum Gasteiger partial charge on any atom is 0.334 e. The molecule has 2 bridgehead atoms. The Morgan fingerprint density at radius 2 is 2.07 bits per heavy atom. The van der Waals surface area contributed by atoms with Crippen molar-refractivity contribution in [3.63, 3.8) is 0 Å². The van der Waals surface area contributed by atoms with Crippen molar-refractivity contribution in [3.05, 3.63) is 34.9 Å². The minimum atomic E-state index is -0.974. The minimum Gasteiger partial charge on any atom is -0.504 e. The van der Waals surface area contributed by atoms with Crippen LogP contribution >= 0.6 is 0 Å². The molecular formula is C21H23NO5. The Morgan fingerprint density at radius 1 is 1.26 bits per heavy atom. The number of phenolic OH excluding ortho intramolecular Hbond substituents is 1. The molecule has 2 aliphatic carbocycles. The highest BCUT2D eigenvalue weighted by atomic mass is 16.6. The number of carbonyl (C=O) groups excluding carboxylic acids is 1. The molecule has 1 saturated carbocycles. The van der Waals surface area contributed by atoms with Crippen LogP contribution in [0.4, 0.5) is 0 Å². The Labute approximate surface area is 157 Å². The third-order valence-electron chi connectivity index (χ3n) is 7.89. The van der Waals surface area contributed by atoms with E-state index in [2.05, 4.69) is 11.9 Å². The first kappa shape index (κ1) is 16.0. The van der Waals surface area contributed by atoms with E-state index in [-0.39, 0.29) is 17.8 Å². The zero-order chi connectivity index (χ0) is 18.8. The van der Waals surface area contributed by atoms with Crippen molar-refractivity contribution >= 4 is 5.97 Å². The van der Waals surface area contributed by atoms with Crippen molar-refractivity contribution < 1.29 is 24.5 Å². The van der Waals surface area contributed by atoms with Crippen LogP contribution in [0.5, 0.6) is 11.5 Å². The number of likely N-dealkylation sites (N-methyl/N-ethyl adjacent to an activating group) is 1. The first-order valence-corrected chi connectivity index (χ1v) is 9.70. The second kappa shape index (κ2) is 4.50. The molecular weight excluding hydrogens is 346 g/mol. The molecule has 4 unspecified atom stereocenters. The maximum absolute atomic E-state index is 12.3. The van der Waals surface area contributed by atoms with E-state index in [9.17, 15) is 15.0 Å². The summed E-state index contributed by atoms with van der Waals surface area (Å²) in [6, 6.07) is 3.62. The van der Waals surface area contributed by atoms with Gasteiger partial charge in [0.1, 0.15) is 0 Å². The van der Waals surface area contributed by atoms with Crippen molar-refractivity contribution in [3.8, 4) is 11.5 Å². The number of likely N-dealkylation sites (tertiary alicyclic amines) is 1. The first-order chi connectivity index (χ1) is 12.8. The lowest BCUT2D eigenvalue weighted by atomic mass is 9.46. The summed E-state index contributed by atoms with van der Waals surface area (Å²) in [6.07, 6.45) is 3.86. The van der Waals surface area contributed by atoms with E-state index < -0.39 is 22.7 Å². The molecule has 2 fully saturated rings. The van der Waals surface area contributed by atoms with E-state index in [0.29, 0.717) is 30.6 Å². The van der Waals surface area contributed by atoms with Gasteiger partial charge in [0.25, 0.3) is 0 Å². The van der Waals surface area contributed by atoms with Crippen LogP contribution in [0.25, 0.3) is 0 Å². The average molecular weight is 369 g/mol. The predicted octanol–water partition coefficient (Wildman–Crippen LogP) is 1.42. The molecule has 1 aromatic carbocycles. The van der Waals surface area contributed by atoms with E-state index in [1.807, 2.05) is 12.1 Å². The van der Waals surface area contributed by atoms with Gasteiger partial charge < -0.3 is 24.6 Å². The molecule has 3 aliphatic heterocycles. The molecule has 0 amide bonds. The third-order valence-corrected chi connectivity index (χ3v) is 7.89. The van der Waals surface area contributed by atoms with Crippen molar-refractivity contribution in [2.24, 2.45) is 0 Å². The fraction of sp³-hybridized carbons (Fsp3) is 0.571. The number of phenols is 1. The van der Waals surface area contributed by atoms with E-state index >= 15 is 0 Å². The highest BCUT2D eigenvalue weighted by Gasteiger charge is 2.76. The molecule has 6 rings (SSSR count). The molecule has 6 nitrogen and oxygen atoms in total. The topological polar surface area (TPSA) is 79.2 Å². The summed E-state index contributed by atoms with van der Waals surface area (Å²) in [5.41, 5.74) is 0.111. The Morgan fingerprint density at radius 3 is 2.81 bits per heavy atom. The van der Waals surface area contributed by atoms with Crippen molar-refractivity contribution in [1.82, 2.24) is 4.90 Å². The van der Waals surface area contributed by atoms with E-state index in [4.69, 9.17) is 9.47 Å². The van der Waals surface area contributed by atoms with Crippen molar-refractivity contribution in [2.45, 2.75) is 61.4 Å². The molecule has 1 aromatic rings. The van der Waals surface area contributed by atoms with Gasteiger partial charge in [-0.05, 0) is 63.9 Å². The summed E-state index contributed by atoms with van der Waals surface area (Å²) in [5.74, 6) is 0.243. The normalized spacial score (nSPS) is 44.0. The number of fused-ring (bicyclic) bond motifs is 1. The average Bonchev–Trinajstić information content (AvgIpc) is 3.13. The lowest BCUT2D eigenvalue weighted by Crippen LogP contribution is -2.78. The standard InChI is InChI=1S/C21H23NO5/c1-11-10-19(27-17(11)24)5-6-21(25)14-9-12-3-4-13(23)16-15(12)20(21,18(19)26-16)7-8-22(14)2/h3-4,10,14,18,23,25H,5-9H2,1-2H3/t14?,18?,19?,20-,21?/m0/s1. The molecule has 142 valence electrons. The van der Waals surface area contributed by atoms with Gasteiger partial charge in [0.15, 0.2) is 23.2 Å². The SMILES string of the molecule is CC1=CC2(CCC3(O)C4Cc5ccc(O)c6c5[C@@]3(CCN4C)C2O6)OC1=O. The molecule has 27 heavy (non-hydrogen) atoms. The number of benzene rings is 1. The van der Waals surface area contributed by atoms with Gasteiger partial charge in [-0.1, -0.05) is 6.07 Å². The van der Waals surface area contributed by atoms with Crippen LogP contribution < -0.4 is 4.74 Å². The number of esters is 1. The highest BCUT2D eigenvalue weighted by Crippen LogP contribution is 2.68. The highest BCUT2D eigenvalue weighted by molar-refractivity contribution is 5.91. The molecule has 6 heteroatoms. The van der Waals surface area contributed by atoms with Crippen LogP contribution in [0.15, 0.2) is 23.8 Å². The Balaban J connectivity index is 1.66. The zero-order valence-corrected chi connectivity index (χ0v) is 15.5. The van der Waals surface area contributed by atoms with Crippen molar-refractivity contribution in [2.75, 3.05) is 13.6 Å². The predicted molar refractivity (Wildman–Crippen MR) is 95.7 cm³/mol. The molecule has 3 heterocycles. The fourth-order valence-corrected chi connectivity index (χ4v) is 6.74. The molecule has 5 aliphatic rings. The van der Waals surface area contributed by atoms with Crippen LogP contribution in [-0.4, -0.2) is 58.0 Å². The number of hydrogen-bond donors (Lipinski definition) is 2. The number of hydrogen-bond acceptors (Lipinski definition) is 6. The van der Waals surface area contributed by atoms with Gasteiger partial charge in [-0.15, -0.1) is 0 Å². The molecule has 2 N–H and O–H groups in total. The monoisotopic (exact) mass is 369 g/mol. The van der Waals surface area contributed by atoms with Crippen LogP contribution in [0.1, 0.15) is 37.3 Å². The van der Waals surface area contributed by atoms with Crippen molar-refractivity contribution in [1.29, 1.82) is 0 Å². The van der Waals surface area contributed by atoms with Gasteiger partial charge in [-0.3, -0.25) is 0 Å². The van der Waals surface area contributed by atoms with E-state index in [1.165, 1.54) is 0 Å². The van der Waals surface area contributed by atoms with Crippen LogP contribution in [0, 0.1) is 0 Å². The first-order valence-electron chi connectivity index (χ1n) is 9.70. The summed E-state index contributed by atoms with van der Waals surface area (Å²) in [5, 5.41) is 22.6. The van der Waals surface area contributed by atoms with Gasteiger partial charge in [0, 0.05) is 17.2 Å². The number of rotatable bonds is 0. The van der Waals surface area contributed by atoms with Crippen LogP contribution in [0.2, 0.25) is 0 Å². The summed E-state index contributed by atoms with van der Waals surface area (Å²) >= 11 is 0. The Kier molecular flexibility index (Phi) is 2.66. The van der Waals surface area contributed by atoms with Crippen LogP contribution in [-0.2, 0) is 21.4 Å². The lowest BCUT2D eigenvalue weighted by Gasteiger charge is -2.64. The van der Waals surface area contributed by atoms with Gasteiger partial charge in [-0.2, -0.15) is 0 Å². The number of carbonyl (C=O) groups is 1. The van der Waals surface area contributed by atoms with Crippen LogP contribution in [0.3, 0.4) is 0 Å². The minimum absolute atomic E-state index is 0.0140. The number of ether oxygens (including phenoxy) is 2. The van der Waals surface area contributed by atoms with Gasteiger partial charge in [-0.25, -0.2) is 4.79 Å². The summed E-state index contributed by atoms with van der Waals surface area (Å²) in [7, 11) is 2.07. The Hall–Kier alpha value is -2.05. The van der Waals surface area contributed by atoms with E-state index in [0.717, 1.165) is 24.1 Å². The molecule has 2 spiro atoms. The van der Waals surface area contributed by atoms with Gasteiger partial charge >= 0.3 is 5.97 Å². The largest absolute Gasteiger partial charge is 0.504 e. The number of piperidine rings is 1. The second-order valence-electron chi connectivity index (χ2n) is 8.96. The zero-order valence-electron chi connectivity index (χ0n) is 15.5. The summed E-state index contributed by atoms with van der Waals surface area (Å²) in [4.78, 5) is 14.5. The lowest BCUT2D eigenvalue weighted by molar-refractivity contribution is -0.226. The fourth-order valence-electron chi connectivity index (χ4n) is 6.74. The quantitative estimate of drug-likeness (QED) is 0.674. The van der Waals surface area contributed by atoms with E-state index in [1.54, 1.807) is 13.0 Å².